The fourth-order valence-corrected chi connectivity index (χ4v) is 4.97. The lowest BCUT2D eigenvalue weighted by Crippen LogP contribution is -2.39. The molecular weight excluding hydrogens is 422 g/mol. The van der Waals surface area contributed by atoms with Gasteiger partial charge in [-0.3, -0.25) is 4.79 Å². The number of benzene rings is 1. The van der Waals surface area contributed by atoms with Gasteiger partial charge >= 0.3 is 11.9 Å². The van der Waals surface area contributed by atoms with Crippen LogP contribution in [0.1, 0.15) is 40.1 Å². The van der Waals surface area contributed by atoms with Crippen LogP contribution in [0.15, 0.2) is 24.3 Å². The van der Waals surface area contributed by atoms with E-state index >= 15 is 0 Å². The van der Waals surface area contributed by atoms with Crippen molar-refractivity contribution in [2.75, 3.05) is 25.6 Å². The molecule has 0 bridgehead atoms. The lowest BCUT2D eigenvalue weighted by molar-refractivity contribution is -0.156. The van der Waals surface area contributed by atoms with E-state index in [1.165, 1.54) is 18.4 Å². The normalized spacial score (nSPS) is 17.1. The molecule has 0 saturated carbocycles. The number of anilines is 1. The molecular formula is C22H23NO7S. The first-order valence-electron chi connectivity index (χ1n) is 10.1. The molecule has 1 amide bonds. The number of ether oxygens (including phenoxy) is 4. The maximum atomic E-state index is 12.4. The van der Waals surface area contributed by atoms with Crippen LogP contribution in [0.2, 0.25) is 0 Å². The topological polar surface area (TPSA) is 100 Å². The van der Waals surface area contributed by atoms with Gasteiger partial charge in [-0.25, -0.2) is 9.59 Å². The van der Waals surface area contributed by atoms with E-state index in [4.69, 9.17) is 18.9 Å². The molecule has 1 N–H and O–H groups in total. The SMILES string of the molecule is COC(=O)c1c(NC(=O)COC(=O)C2COc3ccccc3O2)sc2c1CCCCC2. The van der Waals surface area contributed by atoms with Gasteiger partial charge < -0.3 is 24.3 Å². The molecule has 0 saturated heterocycles. The molecule has 2 aromatic rings. The van der Waals surface area contributed by atoms with Gasteiger partial charge in [-0.1, -0.05) is 18.6 Å². The van der Waals surface area contributed by atoms with Crippen molar-refractivity contribution >= 4 is 34.2 Å². The van der Waals surface area contributed by atoms with Gasteiger partial charge in [0.05, 0.1) is 12.7 Å². The van der Waals surface area contributed by atoms with Crippen LogP contribution in [0.5, 0.6) is 11.5 Å². The number of aryl methyl sites for hydroxylation is 1. The van der Waals surface area contributed by atoms with E-state index in [2.05, 4.69) is 5.32 Å². The highest BCUT2D eigenvalue weighted by Crippen LogP contribution is 2.38. The molecule has 4 rings (SSSR count). The van der Waals surface area contributed by atoms with E-state index in [0.29, 0.717) is 22.1 Å². The first-order chi connectivity index (χ1) is 15.1. The third-order valence-electron chi connectivity index (χ3n) is 5.18. The Morgan fingerprint density at radius 1 is 1.13 bits per heavy atom. The van der Waals surface area contributed by atoms with Crippen molar-refractivity contribution in [3.63, 3.8) is 0 Å². The van der Waals surface area contributed by atoms with Gasteiger partial charge in [-0.2, -0.15) is 0 Å². The molecule has 1 atom stereocenters. The Hall–Kier alpha value is -3.07. The first-order valence-corrected chi connectivity index (χ1v) is 11.0. The number of methoxy groups -OCH3 is 1. The van der Waals surface area contributed by atoms with Crippen LogP contribution in [-0.2, 0) is 31.9 Å². The van der Waals surface area contributed by atoms with Crippen LogP contribution in [0.4, 0.5) is 5.00 Å². The zero-order valence-corrected chi connectivity index (χ0v) is 17.9. The Bertz CT molecular complexity index is 1000. The summed E-state index contributed by atoms with van der Waals surface area (Å²) < 4.78 is 21.1. The molecule has 2 aliphatic rings. The second kappa shape index (κ2) is 9.38. The Morgan fingerprint density at radius 2 is 1.90 bits per heavy atom. The summed E-state index contributed by atoms with van der Waals surface area (Å²) in [7, 11) is 1.32. The molecule has 31 heavy (non-hydrogen) atoms. The van der Waals surface area contributed by atoms with Crippen molar-refractivity contribution in [1.82, 2.24) is 0 Å². The van der Waals surface area contributed by atoms with Crippen molar-refractivity contribution in [2.24, 2.45) is 0 Å². The van der Waals surface area contributed by atoms with Crippen LogP contribution in [0.25, 0.3) is 0 Å². The smallest absolute Gasteiger partial charge is 0.351 e. The highest BCUT2D eigenvalue weighted by Gasteiger charge is 2.30. The van der Waals surface area contributed by atoms with Gasteiger partial charge in [0.25, 0.3) is 5.91 Å². The molecule has 1 aliphatic carbocycles. The summed E-state index contributed by atoms with van der Waals surface area (Å²) in [5, 5.41) is 3.14. The number of fused-ring (bicyclic) bond motifs is 2. The van der Waals surface area contributed by atoms with E-state index in [1.54, 1.807) is 24.3 Å². The highest BCUT2D eigenvalue weighted by molar-refractivity contribution is 7.17. The first kappa shape index (κ1) is 21.2. The van der Waals surface area contributed by atoms with Crippen molar-refractivity contribution in [1.29, 1.82) is 0 Å². The van der Waals surface area contributed by atoms with Crippen LogP contribution < -0.4 is 14.8 Å². The largest absolute Gasteiger partial charge is 0.485 e. The molecule has 9 heteroatoms. The Kier molecular flexibility index (Phi) is 6.41. The number of hydrogen-bond donors (Lipinski definition) is 1. The summed E-state index contributed by atoms with van der Waals surface area (Å²) >= 11 is 1.38. The minimum atomic E-state index is -0.953. The van der Waals surface area contributed by atoms with E-state index in [0.717, 1.165) is 42.5 Å². The molecule has 1 unspecified atom stereocenters. The number of hydrogen-bond acceptors (Lipinski definition) is 8. The highest BCUT2D eigenvalue weighted by atomic mass is 32.1. The molecule has 164 valence electrons. The predicted molar refractivity (Wildman–Crippen MR) is 113 cm³/mol. The quantitative estimate of drug-likeness (QED) is 0.557. The van der Waals surface area contributed by atoms with Gasteiger partial charge in [-0.15, -0.1) is 11.3 Å². The number of nitrogens with one attached hydrogen (secondary N) is 1. The van der Waals surface area contributed by atoms with E-state index in [9.17, 15) is 14.4 Å². The second-order valence-corrected chi connectivity index (χ2v) is 8.39. The summed E-state index contributed by atoms with van der Waals surface area (Å²) in [6.07, 6.45) is 3.84. The maximum absolute atomic E-state index is 12.4. The number of para-hydroxylation sites is 2. The number of carbonyl (C=O) groups excluding carboxylic acids is 3. The molecule has 0 radical (unpaired) electrons. The standard InChI is InChI=1S/C22H23NO7S/c1-27-22(26)19-13-7-3-2-4-10-17(13)31-20(19)23-18(24)12-29-21(25)16-11-28-14-8-5-6-9-15(14)30-16/h5-6,8-9,16H,2-4,7,10-12H2,1H3,(H,23,24). The molecule has 0 spiro atoms. The van der Waals surface area contributed by atoms with Crippen LogP contribution in [0.3, 0.4) is 0 Å². The van der Waals surface area contributed by atoms with Gasteiger partial charge in [0.1, 0.15) is 11.6 Å². The fraction of sp³-hybridized carbons (Fsp3) is 0.409. The maximum Gasteiger partial charge on any atom is 0.351 e. The lowest BCUT2D eigenvalue weighted by Gasteiger charge is -2.24. The monoisotopic (exact) mass is 445 g/mol. The van der Waals surface area contributed by atoms with Crippen molar-refractivity contribution in [3.8, 4) is 11.5 Å². The molecule has 8 nitrogen and oxygen atoms in total. The third-order valence-corrected chi connectivity index (χ3v) is 6.39. The molecule has 1 aromatic heterocycles. The number of carbonyl (C=O) groups is 3. The lowest BCUT2D eigenvalue weighted by atomic mass is 10.1. The van der Waals surface area contributed by atoms with Crippen LogP contribution in [-0.4, -0.2) is 44.3 Å². The summed E-state index contributed by atoms with van der Waals surface area (Å²) in [5.41, 5.74) is 1.36. The molecule has 1 aliphatic heterocycles. The van der Waals surface area contributed by atoms with Gasteiger partial charge in [0, 0.05) is 4.88 Å². The third kappa shape index (κ3) is 4.66. The van der Waals surface area contributed by atoms with E-state index in [-0.39, 0.29) is 6.61 Å². The van der Waals surface area contributed by atoms with E-state index in [1.807, 2.05) is 0 Å². The van der Waals surface area contributed by atoms with Gasteiger partial charge in [0.2, 0.25) is 6.10 Å². The predicted octanol–water partition coefficient (Wildman–Crippen LogP) is 3.13. The van der Waals surface area contributed by atoms with Crippen LogP contribution >= 0.6 is 11.3 Å². The Balaban J connectivity index is 1.38. The van der Waals surface area contributed by atoms with Crippen molar-refractivity contribution in [2.45, 2.75) is 38.2 Å². The minimum Gasteiger partial charge on any atom is -0.485 e. The summed E-state index contributed by atoms with van der Waals surface area (Å²) in [6.45, 7) is -0.495. The van der Waals surface area contributed by atoms with Crippen LogP contribution in [0, 0.1) is 0 Å². The van der Waals surface area contributed by atoms with Gasteiger partial charge in [-0.05, 0) is 43.4 Å². The summed E-state index contributed by atoms with van der Waals surface area (Å²) in [5.74, 6) is -0.704. The van der Waals surface area contributed by atoms with E-state index < -0.39 is 30.6 Å². The average Bonchev–Trinajstić information content (AvgIpc) is 2.96. The summed E-state index contributed by atoms with van der Waals surface area (Å²) in [4.78, 5) is 38.2. The zero-order valence-electron chi connectivity index (χ0n) is 17.1. The fourth-order valence-electron chi connectivity index (χ4n) is 3.68. The van der Waals surface area contributed by atoms with Crippen molar-refractivity contribution in [3.05, 3.63) is 40.3 Å². The molecule has 0 fully saturated rings. The number of amides is 1. The summed E-state index contributed by atoms with van der Waals surface area (Å²) in [6, 6.07) is 7.01. The zero-order chi connectivity index (χ0) is 21.8. The second-order valence-electron chi connectivity index (χ2n) is 7.28. The van der Waals surface area contributed by atoms with Crippen molar-refractivity contribution < 1.29 is 33.3 Å². The van der Waals surface area contributed by atoms with Gasteiger partial charge in [0.15, 0.2) is 18.1 Å². The molecule has 2 heterocycles. The minimum absolute atomic E-state index is 0.00159. The molecule has 1 aromatic carbocycles. The number of esters is 2. The Labute approximate surface area is 183 Å². The average molecular weight is 445 g/mol. The number of rotatable bonds is 5. The Morgan fingerprint density at radius 3 is 2.71 bits per heavy atom. The number of thiophene rings is 1.